The maximum atomic E-state index is 3.77. The van der Waals surface area contributed by atoms with Crippen molar-refractivity contribution in [2.45, 2.75) is 44.3 Å². The van der Waals surface area contributed by atoms with Crippen molar-refractivity contribution in [1.82, 2.24) is 10.2 Å². The quantitative estimate of drug-likeness (QED) is 0.854. The van der Waals surface area contributed by atoms with E-state index >= 15 is 0 Å². The normalized spacial score (nSPS) is 26.0. The first-order valence-corrected chi connectivity index (χ1v) is 6.92. The van der Waals surface area contributed by atoms with E-state index in [0.29, 0.717) is 0 Å². The molecule has 0 radical (unpaired) electrons. The molecule has 0 spiro atoms. The highest BCUT2D eigenvalue weighted by atomic mass is 15.2. The van der Waals surface area contributed by atoms with Gasteiger partial charge in [0.25, 0.3) is 0 Å². The summed E-state index contributed by atoms with van der Waals surface area (Å²) in [7, 11) is 0. The zero-order valence-electron chi connectivity index (χ0n) is 10.4. The third-order valence-corrected chi connectivity index (χ3v) is 3.80. The Balaban J connectivity index is 1.52. The molecule has 1 atom stereocenters. The molecule has 92 valence electrons. The first-order valence-electron chi connectivity index (χ1n) is 6.92. The monoisotopic (exact) mass is 230 g/mol. The number of hydrogen-bond donors (Lipinski definition) is 1. The highest BCUT2D eigenvalue weighted by Gasteiger charge is 2.27. The zero-order chi connectivity index (χ0) is 11.5. The fourth-order valence-electron chi connectivity index (χ4n) is 2.76. The van der Waals surface area contributed by atoms with Crippen molar-refractivity contribution in [2.24, 2.45) is 0 Å². The molecule has 2 nitrogen and oxygen atoms in total. The van der Waals surface area contributed by atoms with Crippen molar-refractivity contribution in [1.29, 1.82) is 0 Å². The lowest BCUT2D eigenvalue weighted by Gasteiger charge is -2.33. The largest absolute Gasteiger partial charge is 0.310 e. The number of hydrogen-bond acceptors (Lipinski definition) is 2. The number of likely N-dealkylation sites (tertiary alicyclic amines) is 1. The lowest BCUT2D eigenvalue weighted by Crippen LogP contribution is -2.46. The second-order valence-electron chi connectivity index (χ2n) is 5.50. The molecule has 2 fully saturated rings. The molecule has 1 aromatic carbocycles. The average Bonchev–Trinajstić information content (AvgIpc) is 3.15. The maximum absolute atomic E-state index is 3.77. The Hall–Kier alpha value is -0.860. The van der Waals surface area contributed by atoms with Crippen LogP contribution in [0.2, 0.25) is 0 Å². The van der Waals surface area contributed by atoms with Crippen molar-refractivity contribution in [3.8, 4) is 0 Å². The minimum atomic E-state index is 0.736. The minimum absolute atomic E-state index is 0.736. The van der Waals surface area contributed by atoms with Gasteiger partial charge in [-0.2, -0.15) is 0 Å². The van der Waals surface area contributed by atoms with E-state index < -0.39 is 0 Å². The third kappa shape index (κ3) is 3.30. The van der Waals surface area contributed by atoms with E-state index in [1.165, 1.54) is 44.3 Å². The lowest BCUT2D eigenvalue weighted by atomic mass is 10.0. The van der Waals surface area contributed by atoms with Crippen molar-refractivity contribution in [2.75, 3.05) is 13.1 Å². The second kappa shape index (κ2) is 5.19. The molecule has 1 aliphatic heterocycles. The third-order valence-electron chi connectivity index (χ3n) is 3.80. The lowest BCUT2D eigenvalue weighted by molar-refractivity contribution is 0.182. The van der Waals surface area contributed by atoms with Gasteiger partial charge in [-0.15, -0.1) is 0 Å². The van der Waals surface area contributed by atoms with Crippen molar-refractivity contribution >= 4 is 0 Å². The molecule has 0 bridgehead atoms. The maximum Gasteiger partial charge on any atom is 0.0234 e. The van der Waals surface area contributed by atoms with Gasteiger partial charge in [-0.25, -0.2) is 0 Å². The molecule has 1 aromatic rings. The van der Waals surface area contributed by atoms with Gasteiger partial charge in [0.15, 0.2) is 0 Å². The Morgan fingerprint density at radius 1 is 1.06 bits per heavy atom. The van der Waals surface area contributed by atoms with Gasteiger partial charge < -0.3 is 5.32 Å². The molecule has 0 amide bonds. The molecule has 1 heterocycles. The van der Waals surface area contributed by atoms with Crippen molar-refractivity contribution < 1.29 is 0 Å². The van der Waals surface area contributed by atoms with Crippen LogP contribution in [-0.4, -0.2) is 30.1 Å². The predicted molar refractivity (Wildman–Crippen MR) is 70.9 cm³/mol. The Labute approximate surface area is 104 Å². The summed E-state index contributed by atoms with van der Waals surface area (Å²) in [6, 6.07) is 12.4. The Morgan fingerprint density at radius 2 is 1.88 bits per heavy atom. The number of rotatable bonds is 4. The van der Waals surface area contributed by atoms with Gasteiger partial charge in [-0.05, 0) is 37.8 Å². The summed E-state index contributed by atoms with van der Waals surface area (Å²) in [5.74, 6) is 0. The van der Waals surface area contributed by atoms with Crippen LogP contribution in [0.25, 0.3) is 0 Å². The summed E-state index contributed by atoms with van der Waals surface area (Å²) in [6.07, 6.45) is 5.50. The number of benzene rings is 1. The van der Waals surface area contributed by atoms with Gasteiger partial charge in [0.1, 0.15) is 0 Å². The van der Waals surface area contributed by atoms with Gasteiger partial charge >= 0.3 is 0 Å². The van der Waals surface area contributed by atoms with Gasteiger partial charge in [-0.1, -0.05) is 30.3 Å². The number of nitrogens with one attached hydrogen (secondary N) is 1. The minimum Gasteiger partial charge on any atom is -0.310 e. The van der Waals surface area contributed by atoms with E-state index in [4.69, 9.17) is 0 Å². The van der Waals surface area contributed by atoms with Crippen molar-refractivity contribution in [3.05, 3.63) is 35.9 Å². The predicted octanol–water partition coefficient (Wildman–Crippen LogP) is 2.40. The van der Waals surface area contributed by atoms with Gasteiger partial charge in [0.2, 0.25) is 0 Å². The highest BCUT2D eigenvalue weighted by Crippen LogP contribution is 2.22. The van der Waals surface area contributed by atoms with E-state index in [9.17, 15) is 0 Å². The van der Waals surface area contributed by atoms with Crippen LogP contribution in [-0.2, 0) is 6.54 Å². The van der Waals surface area contributed by atoms with E-state index in [1.54, 1.807) is 0 Å². The fraction of sp³-hybridized carbons (Fsp3) is 0.600. The first-order chi connectivity index (χ1) is 8.40. The van der Waals surface area contributed by atoms with E-state index in [-0.39, 0.29) is 0 Å². The van der Waals surface area contributed by atoms with Crippen LogP contribution in [0.5, 0.6) is 0 Å². The molecule has 1 N–H and O–H groups in total. The van der Waals surface area contributed by atoms with E-state index in [1.807, 2.05) is 0 Å². The van der Waals surface area contributed by atoms with Crippen LogP contribution in [0.15, 0.2) is 30.3 Å². The van der Waals surface area contributed by atoms with E-state index in [2.05, 4.69) is 40.5 Å². The number of piperidine rings is 1. The zero-order valence-corrected chi connectivity index (χ0v) is 10.4. The van der Waals surface area contributed by atoms with E-state index in [0.717, 1.165) is 18.6 Å². The summed E-state index contributed by atoms with van der Waals surface area (Å²) in [5.41, 5.74) is 1.44. The molecule has 1 saturated heterocycles. The Kier molecular flexibility index (Phi) is 3.44. The Morgan fingerprint density at radius 3 is 2.65 bits per heavy atom. The molecule has 0 aromatic heterocycles. The van der Waals surface area contributed by atoms with Gasteiger partial charge in [-0.3, -0.25) is 4.90 Å². The molecular weight excluding hydrogens is 208 g/mol. The van der Waals surface area contributed by atoms with Crippen LogP contribution in [0.3, 0.4) is 0 Å². The molecular formula is C15H22N2. The molecule has 1 unspecified atom stereocenters. The van der Waals surface area contributed by atoms with Crippen LogP contribution in [0.1, 0.15) is 31.2 Å². The topological polar surface area (TPSA) is 15.3 Å². The molecule has 3 rings (SSSR count). The average molecular weight is 230 g/mol. The number of nitrogens with zero attached hydrogens (tertiary/aromatic N) is 1. The summed E-state index contributed by atoms with van der Waals surface area (Å²) in [4.78, 5) is 2.60. The standard InChI is InChI=1S/C15H22N2/c1-2-5-13(6-3-1)11-17-10-4-7-15(12-17)16-14-8-9-14/h1-3,5-6,14-16H,4,7-12H2. The summed E-state index contributed by atoms with van der Waals surface area (Å²) in [6.45, 7) is 3.60. The molecule has 2 heteroatoms. The van der Waals surface area contributed by atoms with Crippen molar-refractivity contribution in [3.63, 3.8) is 0 Å². The second-order valence-corrected chi connectivity index (χ2v) is 5.50. The molecule has 1 saturated carbocycles. The van der Waals surface area contributed by atoms with Gasteiger partial charge in [0.05, 0.1) is 0 Å². The summed E-state index contributed by atoms with van der Waals surface area (Å²) >= 11 is 0. The van der Waals surface area contributed by atoms with Crippen LogP contribution in [0.4, 0.5) is 0 Å². The van der Waals surface area contributed by atoms with Gasteiger partial charge in [0, 0.05) is 25.2 Å². The highest BCUT2D eigenvalue weighted by molar-refractivity contribution is 5.14. The van der Waals surface area contributed by atoms with Crippen LogP contribution < -0.4 is 5.32 Å². The molecule has 2 aliphatic rings. The first kappa shape index (κ1) is 11.2. The summed E-state index contributed by atoms with van der Waals surface area (Å²) in [5, 5.41) is 3.77. The summed E-state index contributed by atoms with van der Waals surface area (Å²) < 4.78 is 0. The fourth-order valence-corrected chi connectivity index (χ4v) is 2.76. The smallest absolute Gasteiger partial charge is 0.0234 e. The molecule has 17 heavy (non-hydrogen) atoms. The SMILES string of the molecule is c1ccc(CN2CCCC(NC3CC3)C2)cc1. The van der Waals surface area contributed by atoms with Crippen LogP contribution in [0, 0.1) is 0 Å². The Bertz CT molecular complexity index is 345. The van der Waals surface area contributed by atoms with Crippen LogP contribution >= 0.6 is 0 Å². The molecule has 1 aliphatic carbocycles.